The van der Waals surface area contributed by atoms with Gasteiger partial charge in [0.15, 0.2) is 0 Å². The second kappa shape index (κ2) is 11.9. The van der Waals surface area contributed by atoms with Crippen LogP contribution in [-0.4, -0.2) is 16.1 Å². The van der Waals surface area contributed by atoms with Gasteiger partial charge in [0.1, 0.15) is 16.1 Å². The van der Waals surface area contributed by atoms with Crippen molar-refractivity contribution in [3.8, 4) is 44.5 Å². The van der Waals surface area contributed by atoms with Gasteiger partial charge in [0.25, 0.3) is 0 Å². The third-order valence-corrected chi connectivity index (χ3v) is 19.1. The highest BCUT2D eigenvalue weighted by molar-refractivity contribution is 7.04. The minimum absolute atomic E-state index is 1.15. The molecule has 2 aliphatic rings. The molecule has 0 atom stereocenters. The molecule has 0 amide bonds. The third kappa shape index (κ3) is 5.03. The molecule has 0 saturated carbocycles. The van der Waals surface area contributed by atoms with Crippen molar-refractivity contribution >= 4 is 64.7 Å². The summed E-state index contributed by atoms with van der Waals surface area (Å²) in [7, 11) is -3.67. The normalized spacial score (nSPS) is 14.3. The molecule has 8 aromatic carbocycles. The van der Waals surface area contributed by atoms with Crippen LogP contribution in [0.1, 0.15) is 0 Å². The summed E-state index contributed by atoms with van der Waals surface area (Å²) in [6.45, 7) is 10.00. The molecule has 1 nitrogen and oxygen atoms in total. The lowest BCUT2D eigenvalue weighted by molar-refractivity contribution is 1.29. The van der Waals surface area contributed by atoms with E-state index in [-0.39, 0.29) is 0 Å². The molecule has 53 heavy (non-hydrogen) atoms. The maximum Gasteiger partial charge on any atom is 0.113 e. The van der Waals surface area contributed by atoms with Gasteiger partial charge in [-0.15, -0.1) is 0 Å². The highest BCUT2D eigenvalue weighted by Gasteiger charge is 2.38. The van der Waals surface area contributed by atoms with Crippen LogP contribution >= 0.6 is 0 Å². The standard InChI is InChI=1S/C50H41NSi2/c1-52(2)47-18-9-7-16-43(47)45-28-24-39(32-49(45)52)37-14-11-15-41(31-37)51(42-27-29-46-44-17-8-10-19-48(44)53(3,4)50(46)33-42)40-25-22-35(23-26-40)38-21-20-34-12-5-6-13-36(34)30-38/h5-33H,1-4H3. The Hall–Kier alpha value is -5.75. The van der Waals surface area contributed by atoms with E-state index in [2.05, 4.69) is 207 Å². The van der Waals surface area contributed by atoms with Gasteiger partial charge >= 0.3 is 0 Å². The molecule has 0 bridgehead atoms. The van der Waals surface area contributed by atoms with E-state index in [1.807, 2.05) is 0 Å². The van der Waals surface area contributed by atoms with Crippen LogP contribution in [0.4, 0.5) is 17.1 Å². The number of nitrogens with zero attached hydrogens (tertiary/aromatic N) is 1. The van der Waals surface area contributed by atoms with E-state index in [1.165, 1.54) is 76.5 Å². The zero-order chi connectivity index (χ0) is 35.9. The van der Waals surface area contributed by atoms with E-state index in [4.69, 9.17) is 0 Å². The van der Waals surface area contributed by atoms with E-state index in [9.17, 15) is 0 Å². The summed E-state index contributed by atoms with van der Waals surface area (Å²) in [5.41, 5.74) is 14.1. The fourth-order valence-corrected chi connectivity index (χ4v) is 15.4. The average Bonchev–Trinajstić information content (AvgIpc) is 3.57. The van der Waals surface area contributed by atoms with E-state index in [0.717, 1.165) is 11.4 Å². The van der Waals surface area contributed by atoms with Crippen molar-refractivity contribution in [3.63, 3.8) is 0 Å². The van der Waals surface area contributed by atoms with Gasteiger partial charge in [0, 0.05) is 17.1 Å². The fraction of sp³-hybridized carbons (Fsp3) is 0.0800. The van der Waals surface area contributed by atoms with Crippen molar-refractivity contribution in [3.05, 3.63) is 176 Å². The Morgan fingerprint density at radius 1 is 0.302 bits per heavy atom. The van der Waals surface area contributed by atoms with Crippen LogP contribution in [0.3, 0.4) is 0 Å². The lowest BCUT2D eigenvalue weighted by Crippen LogP contribution is -2.49. The van der Waals surface area contributed by atoms with Crippen molar-refractivity contribution in [2.45, 2.75) is 26.2 Å². The molecule has 2 aliphatic heterocycles. The van der Waals surface area contributed by atoms with E-state index < -0.39 is 16.1 Å². The Morgan fingerprint density at radius 2 is 0.792 bits per heavy atom. The topological polar surface area (TPSA) is 3.24 Å². The quantitative estimate of drug-likeness (QED) is 0.161. The van der Waals surface area contributed by atoms with Gasteiger partial charge in [-0.2, -0.15) is 0 Å². The van der Waals surface area contributed by atoms with Gasteiger partial charge in [-0.05, 0) is 118 Å². The van der Waals surface area contributed by atoms with Gasteiger partial charge in [-0.25, -0.2) is 0 Å². The Labute approximate surface area is 314 Å². The number of fused-ring (bicyclic) bond motifs is 7. The molecular formula is C50H41NSi2. The van der Waals surface area contributed by atoms with Crippen LogP contribution in [0.2, 0.25) is 26.2 Å². The highest BCUT2D eigenvalue weighted by atomic mass is 28.3. The van der Waals surface area contributed by atoms with Crippen LogP contribution in [0.5, 0.6) is 0 Å². The van der Waals surface area contributed by atoms with Gasteiger partial charge < -0.3 is 4.90 Å². The summed E-state index contributed by atoms with van der Waals surface area (Å²) in [5, 5.41) is 8.65. The van der Waals surface area contributed by atoms with Crippen LogP contribution in [0.15, 0.2) is 176 Å². The first-order valence-electron chi connectivity index (χ1n) is 18.8. The molecule has 0 radical (unpaired) electrons. The van der Waals surface area contributed by atoms with Gasteiger partial charge in [0.2, 0.25) is 0 Å². The molecule has 8 aromatic rings. The summed E-state index contributed by atoms with van der Waals surface area (Å²) in [6.07, 6.45) is 0. The smallest absolute Gasteiger partial charge is 0.113 e. The van der Waals surface area contributed by atoms with Crippen LogP contribution < -0.4 is 25.6 Å². The van der Waals surface area contributed by atoms with Gasteiger partial charge in [0.05, 0.1) is 0 Å². The van der Waals surface area contributed by atoms with E-state index in [1.54, 1.807) is 5.19 Å². The Balaban J connectivity index is 1.09. The maximum absolute atomic E-state index is 2.50. The Kier molecular flexibility index (Phi) is 7.17. The fourth-order valence-electron chi connectivity index (χ4n) is 9.16. The minimum Gasteiger partial charge on any atom is -0.310 e. The van der Waals surface area contributed by atoms with Crippen molar-refractivity contribution in [1.29, 1.82) is 0 Å². The Morgan fingerprint density at radius 3 is 1.51 bits per heavy atom. The van der Waals surface area contributed by atoms with Crippen LogP contribution in [0.25, 0.3) is 55.3 Å². The van der Waals surface area contributed by atoms with Crippen LogP contribution in [0, 0.1) is 0 Å². The molecule has 3 heteroatoms. The number of hydrogen-bond donors (Lipinski definition) is 0. The second-order valence-corrected chi connectivity index (χ2v) is 24.5. The minimum atomic E-state index is -1.87. The summed E-state index contributed by atoms with van der Waals surface area (Å²) in [4.78, 5) is 2.46. The Bertz CT molecular complexity index is 2740. The zero-order valence-electron chi connectivity index (χ0n) is 30.7. The number of hydrogen-bond acceptors (Lipinski definition) is 1. The van der Waals surface area contributed by atoms with E-state index >= 15 is 0 Å². The van der Waals surface area contributed by atoms with Crippen molar-refractivity contribution in [1.82, 2.24) is 0 Å². The summed E-state index contributed by atoms with van der Waals surface area (Å²) >= 11 is 0. The maximum atomic E-state index is 2.50. The first kappa shape index (κ1) is 31.9. The molecule has 0 unspecified atom stereocenters. The van der Waals surface area contributed by atoms with Crippen molar-refractivity contribution < 1.29 is 0 Å². The summed E-state index contributed by atoms with van der Waals surface area (Å²) in [6, 6.07) is 66.1. The van der Waals surface area contributed by atoms with E-state index in [0.29, 0.717) is 0 Å². The summed E-state index contributed by atoms with van der Waals surface area (Å²) < 4.78 is 0. The van der Waals surface area contributed by atoms with Crippen molar-refractivity contribution in [2.75, 3.05) is 4.90 Å². The zero-order valence-corrected chi connectivity index (χ0v) is 32.7. The van der Waals surface area contributed by atoms with Gasteiger partial charge in [-0.1, -0.05) is 160 Å². The molecule has 0 spiro atoms. The molecule has 10 rings (SSSR count). The predicted octanol–water partition coefficient (Wildman–Crippen LogP) is 11.2. The average molecular weight is 712 g/mol. The second-order valence-electron chi connectivity index (χ2n) is 15.8. The number of anilines is 3. The summed E-state index contributed by atoms with van der Waals surface area (Å²) in [5.74, 6) is 0. The molecule has 0 fully saturated rings. The SMILES string of the molecule is C[Si]1(C)c2ccccc2-c2ccc(-c3cccc(N(c4ccc(-c5ccc6ccccc6c5)cc4)c4ccc5c(c4)[Si](C)(C)c4ccccc4-5)c3)cc21. The third-order valence-electron chi connectivity index (χ3n) is 12.1. The molecule has 0 aromatic heterocycles. The lowest BCUT2D eigenvalue weighted by Gasteiger charge is -2.28. The first-order valence-corrected chi connectivity index (χ1v) is 24.8. The largest absolute Gasteiger partial charge is 0.310 e. The number of benzene rings is 8. The highest BCUT2D eigenvalue weighted by Crippen LogP contribution is 2.40. The monoisotopic (exact) mass is 711 g/mol. The molecule has 2 heterocycles. The lowest BCUT2D eigenvalue weighted by atomic mass is 9.99. The number of rotatable bonds is 5. The van der Waals surface area contributed by atoms with Crippen LogP contribution in [-0.2, 0) is 0 Å². The van der Waals surface area contributed by atoms with Crippen molar-refractivity contribution in [2.24, 2.45) is 0 Å². The first-order chi connectivity index (χ1) is 25.8. The molecular weight excluding hydrogens is 671 g/mol. The molecule has 0 saturated heterocycles. The molecule has 0 aliphatic carbocycles. The molecule has 0 N–H and O–H groups in total. The molecule has 254 valence electrons. The van der Waals surface area contributed by atoms with Gasteiger partial charge in [-0.3, -0.25) is 0 Å². The predicted molar refractivity (Wildman–Crippen MR) is 234 cm³/mol.